The third-order valence-corrected chi connectivity index (χ3v) is 4.63. The fraction of sp³-hybridized carbons (Fsp3) is 0.562. The molecular formula is C16H23Cl2FN2O. The molecule has 0 saturated heterocycles. The van der Waals surface area contributed by atoms with E-state index in [-0.39, 0.29) is 30.0 Å². The molecule has 1 aliphatic carbocycles. The molecule has 124 valence electrons. The van der Waals surface area contributed by atoms with Gasteiger partial charge in [0.2, 0.25) is 5.91 Å². The second-order valence-corrected chi connectivity index (χ2v) is 6.49. The van der Waals surface area contributed by atoms with Crippen molar-refractivity contribution in [2.45, 2.75) is 44.6 Å². The van der Waals surface area contributed by atoms with Crippen LogP contribution < -0.4 is 11.1 Å². The van der Waals surface area contributed by atoms with E-state index in [1.165, 1.54) is 12.1 Å². The molecule has 1 amide bonds. The van der Waals surface area contributed by atoms with Crippen LogP contribution in [0, 0.1) is 11.7 Å². The topological polar surface area (TPSA) is 55.1 Å². The Hall–Kier alpha value is -0.840. The molecule has 3 nitrogen and oxygen atoms in total. The molecule has 0 aliphatic heterocycles. The fourth-order valence-electron chi connectivity index (χ4n) is 2.96. The van der Waals surface area contributed by atoms with Gasteiger partial charge in [-0.2, -0.15) is 0 Å². The second-order valence-electron chi connectivity index (χ2n) is 6.08. The molecule has 1 aromatic carbocycles. The number of benzene rings is 1. The van der Waals surface area contributed by atoms with Gasteiger partial charge in [0, 0.05) is 17.1 Å². The van der Waals surface area contributed by atoms with E-state index in [4.69, 9.17) is 17.3 Å². The Balaban J connectivity index is 0.00000242. The van der Waals surface area contributed by atoms with Crippen molar-refractivity contribution >= 4 is 29.9 Å². The Morgan fingerprint density at radius 1 is 1.50 bits per heavy atom. The average Bonchev–Trinajstić information content (AvgIpc) is 2.40. The Labute approximate surface area is 142 Å². The number of nitrogens with one attached hydrogen (secondary N) is 1. The van der Waals surface area contributed by atoms with Crippen molar-refractivity contribution in [3.05, 3.63) is 34.6 Å². The first-order chi connectivity index (χ1) is 9.90. The Morgan fingerprint density at radius 2 is 2.23 bits per heavy atom. The molecule has 0 bridgehead atoms. The second kappa shape index (κ2) is 8.14. The number of halogens is 3. The molecule has 0 heterocycles. The number of nitrogens with two attached hydrogens (primary N) is 1. The molecule has 1 aromatic rings. The zero-order valence-corrected chi connectivity index (χ0v) is 14.3. The van der Waals surface area contributed by atoms with Crippen LogP contribution in [0.1, 0.15) is 38.2 Å². The molecule has 1 saturated carbocycles. The van der Waals surface area contributed by atoms with Gasteiger partial charge in [-0.3, -0.25) is 4.79 Å². The standard InChI is InChI=1S/C16H22ClFN2O.ClH/c1-16(19)8-3-2-4-13(16)15(21)20-9-7-11-5-6-12(18)10-14(11)17;/h5-6,10,13H,2-4,7-9,19H2,1H3,(H,20,21);1H. The summed E-state index contributed by atoms with van der Waals surface area (Å²) in [5, 5.41) is 3.32. The Bertz CT molecular complexity index is 523. The van der Waals surface area contributed by atoms with Crippen LogP contribution in [0.4, 0.5) is 4.39 Å². The van der Waals surface area contributed by atoms with E-state index in [9.17, 15) is 9.18 Å². The van der Waals surface area contributed by atoms with Crippen LogP contribution in [0.5, 0.6) is 0 Å². The SMILES string of the molecule is CC1(N)CCCCC1C(=O)NCCc1ccc(F)cc1Cl.Cl. The third-order valence-electron chi connectivity index (χ3n) is 4.28. The largest absolute Gasteiger partial charge is 0.355 e. The maximum absolute atomic E-state index is 13.0. The van der Waals surface area contributed by atoms with Gasteiger partial charge in [-0.1, -0.05) is 30.5 Å². The number of amides is 1. The van der Waals surface area contributed by atoms with E-state index < -0.39 is 5.54 Å². The maximum atomic E-state index is 13.0. The van der Waals surface area contributed by atoms with Gasteiger partial charge in [0.25, 0.3) is 0 Å². The lowest BCUT2D eigenvalue weighted by Gasteiger charge is -2.37. The summed E-state index contributed by atoms with van der Waals surface area (Å²) in [5.41, 5.74) is 6.63. The summed E-state index contributed by atoms with van der Waals surface area (Å²) in [4.78, 5) is 12.3. The van der Waals surface area contributed by atoms with Crippen molar-refractivity contribution in [2.24, 2.45) is 11.7 Å². The van der Waals surface area contributed by atoms with E-state index in [0.717, 1.165) is 31.2 Å². The number of rotatable bonds is 4. The van der Waals surface area contributed by atoms with Crippen molar-refractivity contribution in [3.63, 3.8) is 0 Å². The van der Waals surface area contributed by atoms with E-state index >= 15 is 0 Å². The maximum Gasteiger partial charge on any atom is 0.224 e. The van der Waals surface area contributed by atoms with Crippen molar-refractivity contribution in [3.8, 4) is 0 Å². The molecule has 1 fully saturated rings. The smallest absolute Gasteiger partial charge is 0.224 e. The van der Waals surface area contributed by atoms with E-state index in [1.54, 1.807) is 6.07 Å². The molecule has 0 radical (unpaired) electrons. The normalized spacial score (nSPS) is 24.5. The molecule has 0 aromatic heterocycles. The molecule has 0 spiro atoms. The zero-order chi connectivity index (χ0) is 15.5. The minimum absolute atomic E-state index is 0. The molecule has 1 aliphatic rings. The third kappa shape index (κ3) is 4.83. The van der Waals surface area contributed by atoms with Gasteiger partial charge in [0.15, 0.2) is 0 Å². The van der Waals surface area contributed by atoms with Crippen molar-refractivity contribution in [1.82, 2.24) is 5.32 Å². The van der Waals surface area contributed by atoms with Gasteiger partial charge in [0.1, 0.15) is 5.82 Å². The highest BCUT2D eigenvalue weighted by Gasteiger charge is 2.37. The van der Waals surface area contributed by atoms with Crippen LogP contribution in [0.2, 0.25) is 5.02 Å². The van der Waals surface area contributed by atoms with Crippen molar-refractivity contribution < 1.29 is 9.18 Å². The predicted octanol–water partition coefficient (Wildman–Crippen LogP) is 3.47. The van der Waals surface area contributed by atoms with Crippen LogP contribution in [-0.4, -0.2) is 18.0 Å². The van der Waals surface area contributed by atoms with Gasteiger partial charge >= 0.3 is 0 Å². The summed E-state index contributed by atoms with van der Waals surface area (Å²) in [6, 6.07) is 4.31. The summed E-state index contributed by atoms with van der Waals surface area (Å²) >= 11 is 5.97. The minimum Gasteiger partial charge on any atom is -0.355 e. The highest BCUT2D eigenvalue weighted by atomic mass is 35.5. The number of carbonyl (C=O) groups is 1. The summed E-state index contributed by atoms with van der Waals surface area (Å²) in [6.07, 6.45) is 4.44. The lowest BCUT2D eigenvalue weighted by Crippen LogP contribution is -2.53. The first-order valence-corrected chi connectivity index (χ1v) is 7.78. The van der Waals surface area contributed by atoms with Gasteiger partial charge in [-0.15, -0.1) is 12.4 Å². The van der Waals surface area contributed by atoms with Gasteiger partial charge in [0.05, 0.1) is 5.92 Å². The minimum atomic E-state index is -0.421. The highest BCUT2D eigenvalue weighted by molar-refractivity contribution is 6.31. The van der Waals surface area contributed by atoms with Crippen molar-refractivity contribution in [2.75, 3.05) is 6.54 Å². The molecule has 2 rings (SSSR count). The molecule has 2 atom stereocenters. The quantitative estimate of drug-likeness (QED) is 0.875. The predicted molar refractivity (Wildman–Crippen MR) is 89.9 cm³/mol. The van der Waals surface area contributed by atoms with Crippen LogP contribution in [0.15, 0.2) is 18.2 Å². The monoisotopic (exact) mass is 348 g/mol. The number of hydrogen-bond donors (Lipinski definition) is 2. The number of carbonyl (C=O) groups excluding carboxylic acids is 1. The van der Waals surface area contributed by atoms with Crippen LogP contribution in [0.3, 0.4) is 0 Å². The molecular weight excluding hydrogens is 326 g/mol. The van der Waals surface area contributed by atoms with Crippen LogP contribution >= 0.6 is 24.0 Å². The average molecular weight is 349 g/mol. The van der Waals surface area contributed by atoms with Crippen molar-refractivity contribution in [1.29, 1.82) is 0 Å². The summed E-state index contributed by atoms with van der Waals surface area (Å²) < 4.78 is 13.0. The van der Waals surface area contributed by atoms with Gasteiger partial charge in [-0.25, -0.2) is 4.39 Å². The summed E-state index contributed by atoms with van der Waals surface area (Å²) in [5.74, 6) is -0.471. The summed E-state index contributed by atoms with van der Waals surface area (Å²) in [7, 11) is 0. The molecule has 6 heteroatoms. The highest BCUT2D eigenvalue weighted by Crippen LogP contribution is 2.31. The zero-order valence-electron chi connectivity index (χ0n) is 12.7. The van der Waals surface area contributed by atoms with E-state index in [0.29, 0.717) is 18.0 Å². The first kappa shape index (κ1) is 19.2. The van der Waals surface area contributed by atoms with Gasteiger partial charge in [-0.05, 0) is 43.9 Å². The Kier molecular flexibility index (Phi) is 7.10. The molecule has 3 N–H and O–H groups in total. The first-order valence-electron chi connectivity index (χ1n) is 7.41. The fourth-order valence-corrected chi connectivity index (χ4v) is 3.22. The molecule has 2 unspecified atom stereocenters. The van der Waals surface area contributed by atoms with E-state index in [2.05, 4.69) is 5.32 Å². The van der Waals surface area contributed by atoms with E-state index in [1.807, 2.05) is 6.92 Å². The number of hydrogen-bond acceptors (Lipinski definition) is 2. The molecule has 22 heavy (non-hydrogen) atoms. The van der Waals surface area contributed by atoms with Crippen LogP contribution in [-0.2, 0) is 11.2 Å². The van der Waals surface area contributed by atoms with Gasteiger partial charge < -0.3 is 11.1 Å². The Morgan fingerprint density at radius 3 is 2.86 bits per heavy atom. The summed E-state index contributed by atoms with van der Waals surface area (Å²) in [6.45, 7) is 2.43. The lowest BCUT2D eigenvalue weighted by molar-refractivity contribution is -0.128. The van der Waals surface area contributed by atoms with Crippen LogP contribution in [0.25, 0.3) is 0 Å². The lowest BCUT2D eigenvalue weighted by atomic mass is 9.74.